The molecule has 25 heavy (non-hydrogen) atoms. The van der Waals surface area contributed by atoms with Crippen LogP contribution in [0.15, 0.2) is 30.6 Å². The number of sulfonamides is 1. The van der Waals surface area contributed by atoms with Crippen molar-refractivity contribution in [3.63, 3.8) is 0 Å². The Kier molecular flexibility index (Phi) is 5.39. The van der Waals surface area contributed by atoms with E-state index in [0.29, 0.717) is 38.5 Å². The standard InChI is InChI=1S/C17H24N4O3S/c1-25(23,24)21-10-6-14(7-11-21)12-18-17(22)8-9-20-13-19-15-4-2-3-5-16(15)20/h2-5,13-14H,6-12H2,1H3,(H,18,22). The second-order valence-electron chi connectivity index (χ2n) is 6.59. The Balaban J connectivity index is 1.42. The van der Waals surface area contributed by atoms with Gasteiger partial charge in [-0.2, -0.15) is 0 Å². The number of piperidine rings is 1. The number of imidazole rings is 1. The molecule has 1 aromatic heterocycles. The molecule has 1 aliphatic rings. The van der Waals surface area contributed by atoms with Crippen LogP contribution in [0.25, 0.3) is 11.0 Å². The Labute approximate surface area is 148 Å². The molecule has 0 spiro atoms. The van der Waals surface area contributed by atoms with Gasteiger partial charge in [0.25, 0.3) is 0 Å². The van der Waals surface area contributed by atoms with E-state index in [1.807, 2.05) is 28.8 Å². The van der Waals surface area contributed by atoms with Gasteiger partial charge >= 0.3 is 0 Å². The number of carbonyl (C=O) groups excluding carboxylic acids is 1. The molecule has 2 heterocycles. The predicted octanol–water partition coefficient (Wildman–Crippen LogP) is 1.21. The number of nitrogens with zero attached hydrogens (tertiary/aromatic N) is 3. The Morgan fingerprint density at radius 1 is 1.28 bits per heavy atom. The van der Waals surface area contributed by atoms with Gasteiger partial charge in [0.05, 0.1) is 23.6 Å². The van der Waals surface area contributed by atoms with Crippen molar-refractivity contribution in [3.05, 3.63) is 30.6 Å². The van der Waals surface area contributed by atoms with Crippen LogP contribution in [-0.4, -0.2) is 54.1 Å². The van der Waals surface area contributed by atoms with Crippen LogP contribution < -0.4 is 5.32 Å². The molecule has 1 amide bonds. The zero-order valence-corrected chi connectivity index (χ0v) is 15.2. The van der Waals surface area contributed by atoms with Crippen molar-refractivity contribution in [3.8, 4) is 0 Å². The third kappa shape index (κ3) is 4.58. The molecule has 1 aliphatic heterocycles. The molecule has 0 aliphatic carbocycles. The summed E-state index contributed by atoms with van der Waals surface area (Å²) in [5.41, 5.74) is 1.96. The van der Waals surface area contributed by atoms with E-state index in [-0.39, 0.29) is 5.91 Å². The monoisotopic (exact) mass is 364 g/mol. The maximum atomic E-state index is 12.1. The SMILES string of the molecule is CS(=O)(=O)N1CCC(CNC(=O)CCn2cnc3ccccc32)CC1. The van der Waals surface area contributed by atoms with Crippen LogP contribution in [0.2, 0.25) is 0 Å². The summed E-state index contributed by atoms with van der Waals surface area (Å²) in [6, 6.07) is 7.86. The molecule has 2 aromatic rings. The van der Waals surface area contributed by atoms with E-state index in [9.17, 15) is 13.2 Å². The summed E-state index contributed by atoms with van der Waals surface area (Å²) in [5, 5.41) is 2.98. The molecule has 3 rings (SSSR count). The van der Waals surface area contributed by atoms with Crippen LogP contribution in [0.4, 0.5) is 0 Å². The molecule has 8 heteroatoms. The number of hydrogen-bond acceptors (Lipinski definition) is 4. The molecule has 0 unspecified atom stereocenters. The molecule has 7 nitrogen and oxygen atoms in total. The quantitative estimate of drug-likeness (QED) is 0.835. The molecule has 0 atom stereocenters. The average molecular weight is 364 g/mol. The number of para-hydroxylation sites is 2. The summed E-state index contributed by atoms with van der Waals surface area (Å²) in [7, 11) is -3.09. The smallest absolute Gasteiger partial charge is 0.221 e. The molecular weight excluding hydrogens is 340 g/mol. The Morgan fingerprint density at radius 3 is 2.72 bits per heavy atom. The fourth-order valence-corrected chi connectivity index (χ4v) is 4.08. The minimum absolute atomic E-state index is 0.0170. The fourth-order valence-electron chi connectivity index (χ4n) is 3.20. The van der Waals surface area contributed by atoms with Crippen LogP contribution in [0, 0.1) is 5.92 Å². The first-order valence-electron chi connectivity index (χ1n) is 8.55. The Bertz CT molecular complexity index is 838. The van der Waals surface area contributed by atoms with Gasteiger partial charge in [0, 0.05) is 32.6 Å². The first-order valence-corrected chi connectivity index (χ1v) is 10.4. The highest BCUT2D eigenvalue weighted by Gasteiger charge is 2.24. The predicted molar refractivity (Wildman–Crippen MR) is 96.5 cm³/mol. The lowest BCUT2D eigenvalue weighted by Gasteiger charge is -2.30. The third-order valence-electron chi connectivity index (χ3n) is 4.74. The van der Waals surface area contributed by atoms with Gasteiger partial charge in [0.15, 0.2) is 0 Å². The molecule has 0 bridgehead atoms. The van der Waals surface area contributed by atoms with Crippen LogP contribution in [0.1, 0.15) is 19.3 Å². The van der Waals surface area contributed by atoms with Crippen LogP contribution in [0.5, 0.6) is 0 Å². The van der Waals surface area contributed by atoms with E-state index >= 15 is 0 Å². The van der Waals surface area contributed by atoms with Crippen molar-refractivity contribution < 1.29 is 13.2 Å². The summed E-state index contributed by atoms with van der Waals surface area (Å²) in [4.78, 5) is 16.4. The number of rotatable bonds is 6. The zero-order valence-electron chi connectivity index (χ0n) is 14.4. The topological polar surface area (TPSA) is 84.3 Å². The maximum Gasteiger partial charge on any atom is 0.221 e. The van der Waals surface area contributed by atoms with E-state index in [4.69, 9.17) is 0 Å². The van der Waals surface area contributed by atoms with E-state index < -0.39 is 10.0 Å². The Hall–Kier alpha value is -1.93. The number of aromatic nitrogens is 2. The summed E-state index contributed by atoms with van der Waals surface area (Å²) in [6.45, 7) is 2.29. The van der Waals surface area contributed by atoms with Crippen molar-refractivity contribution in [2.45, 2.75) is 25.8 Å². The average Bonchev–Trinajstić information content (AvgIpc) is 3.01. The number of fused-ring (bicyclic) bond motifs is 1. The minimum Gasteiger partial charge on any atom is -0.356 e. The fraction of sp³-hybridized carbons (Fsp3) is 0.529. The van der Waals surface area contributed by atoms with Gasteiger partial charge < -0.3 is 9.88 Å². The molecule has 0 saturated carbocycles. The highest BCUT2D eigenvalue weighted by atomic mass is 32.2. The lowest BCUT2D eigenvalue weighted by atomic mass is 9.98. The summed E-state index contributed by atoms with van der Waals surface area (Å²) < 4.78 is 26.5. The van der Waals surface area contributed by atoms with E-state index in [2.05, 4.69) is 10.3 Å². The normalized spacial score (nSPS) is 17.0. The van der Waals surface area contributed by atoms with E-state index in [1.54, 1.807) is 6.33 Å². The first-order chi connectivity index (χ1) is 11.9. The van der Waals surface area contributed by atoms with Crippen LogP contribution >= 0.6 is 0 Å². The third-order valence-corrected chi connectivity index (χ3v) is 6.04. The molecule has 1 aromatic carbocycles. The van der Waals surface area contributed by atoms with Gasteiger partial charge in [0.1, 0.15) is 0 Å². The summed E-state index contributed by atoms with van der Waals surface area (Å²) >= 11 is 0. The zero-order chi connectivity index (χ0) is 17.9. The van der Waals surface area contributed by atoms with Crippen LogP contribution in [-0.2, 0) is 21.4 Å². The molecule has 1 saturated heterocycles. The number of amides is 1. The first kappa shape index (κ1) is 17.9. The molecular formula is C17H24N4O3S. The summed E-state index contributed by atoms with van der Waals surface area (Å²) in [6.07, 6.45) is 5.00. The molecule has 1 N–H and O–H groups in total. The lowest BCUT2D eigenvalue weighted by molar-refractivity contribution is -0.121. The van der Waals surface area contributed by atoms with Crippen molar-refractivity contribution in [1.82, 2.24) is 19.2 Å². The molecule has 136 valence electrons. The molecule has 1 fully saturated rings. The van der Waals surface area contributed by atoms with Crippen molar-refractivity contribution in [2.75, 3.05) is 25.9 Å². The maximum absolute atomic E-state index is 12.1. The summed E-state index contributed by atoms with van der Waals surface area (Å²) in [5.74, 6) is 0.361. The number of hydrogen-bond donors (Lipinski definition) is 1. The second kappa shape index (κ2) is 7.53. The Morgan fingerprint density at radius 2 is 2.00 bits per heavy atom. The van der Waals surface area contributed by atoms with Gasteiger partial charge in [-0.25, -0.2) is 17.7 Å². The number of aryl methyl sites for hydroxylation is 1. The lowest BCUT2D eigenvalue weighted by Crippen LogP contribution is -2.41. The highest BCUT2D eigenvalue weighted by Crippen LogP contribution is 2.18. The number of benzene rings is 1. The second-order valence-corrected chi connectivity index (χ2v) is 8.57. The van der Waals surface area contributed by atoms with Crippen molar-refractivity contribution >= 4 is 27.0 Å². The highest BCUT2D eigenvalue weighted by molar-refractivity contribution is 7.88. The van der Waals surface area contributed by atoms with Gasteiger partial charge in [-0.15, -0.1) is 0 Å². The number of nitrogens with one attached hydrogen (secondary N) is 1. The molecule has 0 radical (unpaired) electrons. The van der Waals surface area contributed by atoms with E-state index in [0.717, 1.165) is 23.9 Å². The van der Waals surface area contributed by atoms with E-state index in [1.165, 1.54) is 10.6 Å². The van der Waals surface area contributed by atoms with Gasteiger partial charge in [-0.3, -0.25) is 4.79 Å². The van der Waals surface area contributed by atoms with Gasteiger partial charge in [0.2, 0.25) is 15.9 Å². The number of carbonyl (C=O) groups is 1. The van der Waals surface area contributed by atoms with Gasteiger partial charge in [-0.05, 0) is 30.9 Å². The largest absolute Gasteiger partial charge is 0.356 e. The van der Waals surface area contributed by atoms with Gasteiger partial charge in [-0.1, -0.05) is 12.1 Å². The van der Waals surface area contributed by atoms with Crippen molar-refractivity contribution in [1.29, 1.82) is 0 Å². The minimum atomic E-state index is -3.09. The van der Waals surface area contributed by atoms with Crippen LogP contribution in [0.3, 0.4) is 0 Å². The van der Waals surface area contributed by atoms with Crippen molar-refractivity contribution in [2.24, 2.45) is 5.92 Å².